The smallest absolute Gasteiger partial charge is 0.0630 e. The van der Waals surface area contributed by atoms with Gasteiger partial charge in [0.2, 0.25) is 0 Å². The molecule has 1 aromatic heterocycles. The lowest BCUT2D eigenvalue weighted by molar-refractivity contribution is 0.554. The van der Waals surface area contributed by atoms with Crippen LogP contribution in [0.25, 0.3) is 0 Å². The third-order valence-corrected chi connectivity index (χ3v) is 3.99. The van der Waals surface area contributed by atoms with E-state index in [1.54, 1.807) is 11.3 Å². The molecule has 0 bridgehead atoms. The molecule has 0 aliphatic heterocycles. The molecule has 1 aromatic carbocycles. The Morgan fingerprint density at radius 1 is 1.22 bits per heavy atom. The lowest BCUT2D eigenvalue weighted by Gasteiger charge is -2.23. The highest BCUT2D eigenvalue weighted by Crippen LogP contribution is 2.31. The van der Waals surface area contributed by atoms with Crippen molar-refractivity contribution in [2.75, 3.05) is 11.1 Å². The van der Waals surface area contributed by atoms with Crippen molar-refractivity contribution in [1.82, 2.24) is 0 Å². The predicted molar refractivity (Wildman–Crippen MR) is 81.1 cm³/mol. The lowest BCUT2D eigenvalue weighted by Crippen LogP contribution is -2.16. The van der Waals surface area contributed by atoms with E-state index >= 15 is 0 Å². The van der Waals surface area contributed by atoms with Gasteiger partial charge < -0.3 is 11.1 Å². The first-order chi connectivity index (χ1) is 8.58. The largest absolute Gasteiger partial charge is 0.397 e. The monoisotopic (exact) mass is 260 g/mol. The minimum atomic E-state index is 0.315. The third kappa shape index (κ3) is 2.85. The van der Waals surface area contributed by atoms with Crippen LogP contribution in [-0.2, 0) is 0 Å². The Kier molecular flexibility index (Phi) is 3.92. The molecule has 2 aromatic rings. The van der Waals surface area contributed by atoms with Gasteiger partial charge in [0.15, 0.2) is 0 Å². The quantitative estimate of drug-likeness (QED) is 0.797. The van der Waals surface area contributed by atoms with Crippen LogP contribution in [0.5, 0.6) is 0 Å². The van der Waals surface area contributed by atoms with Gasteiger partial charge in [-0.1, -0.05) is 26.0 Å². The van der Waals surface area contributed by atoms with Gasteiger partial charge in [0.05, 0.1) is 17.4 Å². The van der Waals surface area contributed by atoms with Crippen molar-refractivity contribution in [3.63, 3.8) is 0 Å². The maximum atomic E-state index is 6.06. The number of aryl methyl sites for hydroxylation is 1. The fourth-order valence-electron chi connectivity index (χ4n) is 2.02. The zero-order valence-corrected chi connectivity index (χ0v) is 11.9. The number of rotatable bonds is 4. The first-order valence-electron chi connectivity index (χ1n) is 6.24. The summed E-state index contributed by atoms with van der Waals surface area (Å²) in [4.78, 5) is 1.35. The van der Waals surface area contributed by atoms with Crippen molar-refractivity contribution in [3.05, 3.63) is 46.2 Å². The van der Waals surface area contributed by atoms with Crippen LogP contribution >= 0.6 is 11.3 Å². The number of benzene rings is 1. The summed E-state index contributed by atoms with van der Waals surface area (Å²) in [5.41, 5.74) is 9.09. The van der Waals surface area contributed by atoms with Crippen LogP contribution in [0.3, 0.4) is 0 Å². The van der Waals surface area contributed by atoms with Gasteiger partial charge in [-0.25, -0.2) is 0 Å². The fraction of sp³-hybridized carbons (Fsp3) is 0.333. The Morgan fingerprint density at radius 2 is 2.00 bits per heavy atom. The molecule has 1 unspecified atom stereocenters. The molecule has 0 amide bonds. The number of thiophene rings is 1. The number of nitrogens with two attached hydrogens (primary N) is 1. The van der Waals surface area contributed by atoms with Gasteiger partial charge in [-0.15, -0.1) is 11.3 Å². The summed E-state index contributed by atoms with van der Waals surface area (Å²) in [5.74, 6) is 0.518. The Morgan fingerprint density at radius 3 is 2.56 bits per heavy atom. The van der Waals surface area contributed by atoms with E-state index in [4.69, 9.17) is 5.73 Å². The highest BCUT2D eigenvalue weighted by molar-refractivity contribution is 7.10. The molecule has 18 heavy (non-hydrogen) atoms. The van der Waals surface area contributed by atoms with E-state index in [1.807, 2.05) is 6.07 Å². The minimum absolute atomic E-state index is 0.315. The topological polar surface area (TPSA) is 38.0 Å². The van der Waals surface area contributed by atoms with Crippen molar-refractivity contribution in [1.29, 1.82) is 0 Å². The normalized spacial score (nSPS) is 12.7. The molecule has 96 valence electrons. The fourth-order valence-corrected chi connectivity index (χ4v) is 2.96. The molecule has 0 fully saturated rings. The zero-order valence-electron chi connectivity index (χ0n) is 11.1. The summed E-state index contributed by atoms with van der Waals surface area (Å²) in [6.07, 6.45) is 0. The maximum Gasteiger partial charge on any atom is 0.0630 e. The van der Waals surface area contributed by atoms with Gasteiger partial charge in [0.25, 0.3) is 0 Å². The van der Waals surface area contributed by atoms with Crippen molar-refractivity contribution >= 4 is 22.7 Å². The Bertz CT molecular complexity index is 503. The second-order valence-electron chi connectivity index (χ2n) is 4.97. The Hall–Kier alpha value is -1.48. The molecule has 0 saturated heterocycles. The van der Waals surface area contributed by atoms with Gasteiger partial charge in [0.1, 0.15) is 0 Å². The molecule has 2 rings (SSSR count). The van der Waals surface area contributed by atoms with Gasteiger partial charge in [0, 0.05) is 4.88 Å². The van der Waals surface area contributed by atoms with E-state index in [-0.39, 0.29) is 0 Å². The van der Waals surface area contributed by atoms with Crippen LogP contribution in [0, 0.1) is 12.8 Å². The Labute approximate surface area is 113 Å². The lowest BCUT2D eigenvalue weighted by atomic mass is 10.0. The minimum Gasteiger partial charge on any atom is -0.397 e. The molecule has 3 heteroatoms. The van der Waals surface area contributed by atoms with Crippen molar-refractivity contribution in [2.24, 2.45) is 5.92 Å². The highest BCUT2D eigenvalue weighted by atomic mass is 32.1. The summed E-state index contributed by atoms with van der Waals surface area (Å²) in [7, 11) is 0. The molecular formula is C15H20N2S. The maximum absolute atomic E-state index is 6.06. The molecule has 1 atom stereocenters. The van der Waals surface area contributed by atoms with E-state index in [0.29, 0.717) is 12.0 Å². The molecular weight excluding hydrogens is 240 g/mol. The summed E-state index contributed by atoms with van der Waals surface area (Å²) in [6.45, 7) is 6.50. The van der Waals surface area contributed by atoms with Crippen LogP contribution in [0.2, 0.25) is 0 Å². The average Bonchev–Trinajstić information content (AvgIpc) is 2.80. The van der Waals surface area contributed by atoms with Crippen molar-refractivity contribution < 1.29 is 0 Å². The summed E-state index contributed by atoms with van der Waals surface area (Å²) in [5, 5.41) is 5.68. The summed E-state index contributed by atoms with van der Waals surface area (Å²) >= 11 is 1.78. The summed E-state index contributed by atoms with van der Waals surface area (Å²) < 4.78 is 0. The van der Waals surface area contributed by atoms with Gasteiger partial charge in [-0.05, 0) is 42.0 Å². The van der Waals surface area contributed by atoms with Crippen LogP contribution in [0.15, 0.2) is 35.7 Å². The van der Waals surface area contributed by atoms with Crippen LogP contribution in [0.4, 0.5) is 11.4 Å². The Balaban J connectivity index is 2.24. The second kappa shape index (κ2) is 5.44. The van der Waals surface area contributed by atoms with Crippen molar-refractivity contribution in [2.45, 2.75) is 26.8 Å². The average molecular weight is 260 g/mol. The molecule has 0 radical (unpaired) electrons. The number of hydrogen-bond acceptors (Lipinski definition) is 3. The third-order valence-electron chi connectivity index (χ3n) is 3.03. The summed E-state index contributed by atoms with van der Waals surface area (Å²) in [6, 6.07) is 10.7. The van der Waals surface area contributed by atoms with Crippen LogP contribution in [0.1, 0.15) is 30.3 Å². The molecule has 1 heterocycles. The van der Waals surface area contributed by atoms with E-state index in [1.165, 1.54) is 10.4 Å². The number of nitrogens with one attached hydrogen (secondary N) is 1. The van der Waals surface area contributed by atoms with E-state index in [0.717, 1.165) is 11.4 Å². The number of anilines is 2. The predicted octanol–water partition coefficient (Wildman–Crippen LogP) is 4.45. The first kappa shape index (κ1) is 13.0. The van der Waals surface area contributed by atoms with Crippen LogP contribution < -0.4 is 11.1 Å². The zero-order chi connectivity index (χ0) is 13.1. The molecule has 2 nitrogen and oxygen atoms in total. The van der Waals surface area contributed by atoms with Gasteiger partial charge >= 0.3 is 0 Å². The first-order valence-corrected chi connectivity index (χ1v) is 7.12. The standard InChI is InChI=1S/C15H20N2S/c1-10(2)15(14-5-4-8-18-14)17-13-7-6-11(3)9-12(13)16/h4-10,15,17H,16H2,1-3H3. The molecule has 0 spiro atoms. The number of nitrogen functional groups attached to an aromatic ring is 1. The highest BCUT2D eigenvalue weighted by Gasteiger charge is 2.17. The van der Waals surface area contributed by atoms with E-state index in [9.17, 15) is 0 Å². The molecule has 0 aliphatic rings. The van der Waals surface area contributed by atoms with Gasteiger partial charge in [-0.2, -0.15) is 0 Å². The van der Waals surface area contributed by atoms with E-state index < -0.39 is 0 Å². The molecule has 3 N–H and O–H groups in total. The molecule has 0 aliphatic carbocycles. The molecule has 0 saturated carbocycles. The second-order valence-corrected chi connectivity index (χ2v) is 5.95. The van der Waals surface area contributed by atoms with Crippen LogP contribution in [-0.4, -0.2) is 0 Å². The van der Waals surface area contributed by atoms with E-state index in [2.05, 4.69) is 55.7 Å². The van der Waals surface area contributed by atoms with Gasteiger partial charge in [-0.3, -0.25) is 0 Å². The number of hydrogen-bond donors (Lipinski definition) is 2. The SMILES string of the molecule is Cc1ccc(NC(c2cccs2)C(C)C)c(N)c1. The van der Waals surface area contributed by atoms with Crippen molar-refractivity contribution in [3.8, 4) is 0 Å².